The normalized spacial score (nSPS) is 11.6. The maximum atomic E-state index is 10.9. The van der Waals surface area contributed by atoms with Gasteiger partial charge in [0.2, 0.25) is 5.91 Å². The minimum Gasteiger partial charge on any atom is -0.456 e. The molecule has 16 heavy (non-hydrogen) atoms. The molecule has 0 aromatic heterocycles. The van der Waals surface area contributed by atoms with Crippen LogP contribution < -0.4 is 5.32 Å². The van der Waals surface area contributed by atoms with Crippen molar-refractivity contribution in [3.8, 4) is 0 Å². The first-order valence-corrected chi connectivity index (χ1v) is 5.06. The van der Waals surface area contributed by atoms with Crippen molar-refractivity contribution in [2.75, 3.05) is 6.54 Å². The van der Waals surface area contributed by atoms with E-state index in [2.05, 4.69) is 5.32 Å². The first-order valence-electron chi connectivity index (χ1n) is 5.06. The molecule has 4 nitrogen and oxygen atoms in total. The fraction of sp³-hybridized carbons (Fsp3) is 0.333. The fourth-order valence-electron chi connectivity index (χ4n) is 1.33. The molecule has 0 aliphatic rings. The molecule has 0 fully saturated rings. The molecule has 0 aliphatic heterocycles. The van der Waals surface area contributed by atoms with Gasteiger partial charge >= 0.3 is 5.97 Å². The van der Waals surface area contributed by atoms with Crippen LogP contribution in [0.2, 0.25) is 0 Å². The molecule has 1 N–H and O–H groups in total. The van der Waals surface area contributed by atoms with Gasteiger partial charge in [0.15, 0.2) is 0 Å². The molecule has 1 aromatic rings. The van der Waals surface area contributed by atoms with E-state index in [4.69, 9.17) is 4.74 Å². The smallest absolute Gasteiger partial charge is 0.303 e. The van der Waals surface area contributed by atoms with Gasteiger partial charge in [-0.25, -0.2) is 0 Å². The van der Waals surface area contributed by atoms with Crippen LogP contribution in [0.25, 0.3) is 0 Å². The zero-order valence-corrected chi connectivity index (χ0v) is 9.40. The third-order valence-electron chi connectivity index (χ3n) is 2.02. The molecule has 1 rings (SSSR count). The number of ether oxygens (including phenoxy) is 1. The highest BCUT2D eigenvalue weighted by atomic mass is 16.5. The van der Waals surface area contributed by atoms with Gasteiger partial charge in [0, 0.05) is 13.8 Å². The molecule has 0 saturated heterocycles. The van der Waals surface area contributed by atoms with Crippen LogP contribution in [0.1, 0.15) is 25.5 Å². The van der Waals surface area contributed by atoms with Gasteiger partial charge in [0.25, 0.3) is 0 Å². The first-order chi connectivity index (χ1) is 7.59. The average Bonchev–Trinajstić information content (AvgIpc) is 2.25. The molecule has 0 unspecified atom stereocenters. The van der Waals surface area contributed by atoms with Crippen molar-refractivity contribution in [2.45, 2.75) is 20.0 Å². The third kappa shape index (κ3) is 4.13. The van der Waals surface area contributed by atoms with Crippen LogP contribution in [0.4, 0.5) is 0 Å². The van der Waals surface area contributed by atoms with Crippen LogP contribution >= 0.6 is 0 Å². The SMILES string of the molecule is CC(=O)NC[C@H](OC(C)=O)c1ccccc1. The monoisotopic (exact) mass is 221 g/mol. The molecule has 0 aliphatic carbocycles. The lowest BCUT2D eigenvalue weighted by Crippen LogP contribution is -2.28. The highest BCUT2D eigenvalue weighted by Gasteiger charge is 2.14. The Morgan fingerprint density at radius 1 is 1.25 bits per heavy atom. The predicted octanol–water partition coefficient (Wildman–Crippen LogP) is 1.43. The highest BCUT2D eigenvalue weighted by Crippen LogP contribution is 2.16. The van der Waals surface area contributed by atoms with E-state index in [1.807, 2.05) is 30.3 Å². The second-order valence-corrected chi connectivity index (χ2v) is 3.45. The van der Waals surface area contributed by atoms with Crippen LogP contribution in [0.3, 0.4) is 0 Å². The highest BCUT2D eigenvalue weighted by molar-refractivity contribution is 5.73. The summed E-state index contributed by atoms with van der Waals surface area (Å²) in [5, 5.41) is 2.63. The van der Waals surface area contributed by atoms with Crippen LogP contribution in [0.5, 0.6) is 0 Å². The lowest BCUT2D eigenvalue weighted by Gasteiger charge is -2.17. The fourth-order valence-corrected chi connectivity index (χ4v) is 1.33. The van der Waals surface area contributed by atoms with Crippen LogP contribution in [-0.2, 0) is 14.3 Å². The summed E-state index contributed by atoms with van der Waals surface area (Å²) in [4.78, 5) is 21.8. The van der Waals surface area contributed by atoms with E-state index < -0.39 is 6.10 Å². The number of nitrogens with one attached hydrogen (secondary N) is 1. The maximum Gasteiger partial charge on any atom is 0.303 e. The molecule has 1 amide bonds. The summed E-state index contributed by atoms with van der Waals surface area (Å²) in [5.74, 6) is -0.507. The molecule has 0 saturated carbocycles. The van der Waals surface area contributed by atoms with Crippen molar-refractivity contribution >= 4 is 11.9 Å². The Hall–Kier alpha value is -1.84. The Morgan fingerprint density at radius 2 is 1.88 bits per heavy atom. The molecule has 0 bridgehead atoms. The molecule has 86 valence electrons. The molecular formula is C12H15NO3. The second kappa shape index (κ2) is 5.90. The number of esters is 1. The molecule has 0 heterocycles. The van der Waals surface area contributed by atoms with Gasteiger partial charge in [-0.1, -0.05) is 30.3 Å². The van der Waals surface area contributed by atoms with Gasteiger partial charge in [-0.2, -0.15) is 0 Å². The number of hydrogen-bond donors (Lipinski definition) is 1. The van der Waals surface area contributed by atoms with Crippen molar-refractivity contribution in [2.24, 2.45) is 0 Å². The van der Waals surface area contributed by atoms with E-state index >= 15 is 0 Å². The van der Waals surface area contributed by atoms with Gasteiger partial charge in [-0.15, -0.1) is 0 Å². The Bertz CT molecular complexity index is 362. The number of carbonyl (C=O) groups is 2. The summed E-state index contributed by atoms with van der Waals surface area (Å²) in [6, 6.07) is 9.32. The van der Waals surface area contributed by atoms with Crippen molar-refractivity contribution < 1.29 is 14.3 Å². The third-order valence-corrected chi connectivity index (χ3v) is 2.02. The Kier molecular flexibility index (Phi) is 4.51. The predicted molar refractivity (Wildman–Crippen MR) is 59.6 cm³/mol. The number of benzene rings is 1. The average molecular weight is 221 g/mol. The number of carbonyl (C=O) groups excluding carboxylic acids is 2. The van der Waals surface area contributed by atoms with E-state index in [9.17, 15) is 9.59 Å². The van der Waals surface area contributed by atoms with E-state index in [1.54, 1.807) is 0 Å². The molecule has 1 atom stereocenters. The number of amides is 1. The summed E-state index contributed by atoms with van der Waals surface area (Å²) >= 11 is 0. The van der Waals surface area contributed by atoms with E-state index in [0.29, 0.717) is 6.54 Å². The lowest BCUT2D eigenvalue weighted by molar-refractivity contribution is -0.147. The second-order valence-electron chi connectivity index (χ2n) is 3.45. The lowest BCUT2D eigenvalue weighted by atomic mass is 10.1. The van der Waals surface area contributed by atoms with Crippen molar-refractivity contribution in [1.82, 2.24) is 5.32 Å². The van der Waals surface area contributed by atoms with Crippen LogP contribution in [0.15, 0.2) is 30.3 Å². The first kappa shape index (κ1) is 12.2. The van der Waals surface area contributed by atoms with Gasteiger partial charge < -0.3 is 10.1 Å². The van der Waals surface area contributed by atoms with E-state index in [0.717, 1.165) is 5.56 Å². The molecular weight excluding hydrogens is 206 g/mol. The van der Waals surface area contributed by atoms with E-state index in [-0.39, 0.29) is 11.9 Å². The van der Waals surface area contributed by atoms with Gasteiger partial charge in [-0.3, -0.25) is 9.59 Å². The molecule has 0 radical (unpaired) electrons. The van der Waals surface area contributed by atoms with Crippen molar-refractivity contribution in [3.05, 3.63) is 35.9 Å². The number of rotatable bonds is 4. The Labute approximate surface area is 94.6 Å². The molecule has 0 spiro atoms. The zero-order chi connectivity index (χ0) is 12.0. The number of hydrogen-bond acceptors (Lipinski definition) is 3. The zero-order valence-electron chi connectivity index (χ0n) is 9.40. The minimum atomic E-state index is -0.428. The summed E-state index contributed by atoms with van der Waals surface area (Å²) in [6.07, 6.45) is -0.428. The van der Waals surface area contributed by atoms with Gasteiger partial charge in [-0.05, 0) is 5.56 Å². The van der Waals surface area contributed by atoms with Gasteiger partial charge in [0.1, 0.15) is 6.10 Å². The minimum absolute atomic E-state index is 0.145. The topological polar surface area (TPSA) is 55.4 Å². The maximum absolute atomic E-state index is 10.9. The molecule has 4 heteroatoms. The standard InChI is InChI=1S/C12H15NO3/c1-9(14)13-8-12(16-10(2)15)11-6-4-3-5-7-11/h3-7,12H,8H2,1-2H3,(H,13,14)/t12-/m0/s1. The van der Waals surface area contributed by atoms with Gasteiger partial charge in [0.05, 0.1) is 6.54 Å². The summed E-state index contributed by atoms with van der Waals surface area (Å²) in [7, 11) is 0. The summed E-state index contributed by atoms with van der Waals surface area (Å²) in [5.41, 5.74) is 0.867. The van der Waals surface area contributed by atoms with Crippen molar-refractivity contribution in [3.63, 3.8) is 0 Å². The van der Waals surface area contributed by atoms with Crippen LogP contribution in [-0.4, -0.2) is 18.4 Å². The molecule has 1 aromatic carbocycles. The summed E-state index contributed by atoms with van der Waals surface area (Å²) < 4.78 is 5.13. The quantitative estimate of drug-likeness (QED) is 0.782. The van der Waals surface area contributed by atoms with Crippen LogP contribution in [0, 0.1) is 0 Å². The van der Waals surface area contributed by atoms with E-state index in [1.165, 1.54) is 13.8 Å². The summed E-state index contributed by atoms with van der Waals surface area (Å²) in [6.45, 7) is 3.07. The largest absolute Gasteiger partial charge is 0.456 e. The Balaban J connectivity index is 2.71. The van der Waals surface area contributed by atoms with Crippen molar-refractivity contribution in [1.29, 1.82) is 0 Å². The Morgan fingerprint density at radius 3 is 2.38 bits per heavy atom.